The Bertz CT molecular complexity index is 1060. The number of aromatic nitrogens is 1. The van der Waals surface area contributed by atoms with Crippen LogP contribution in [0, 0.1) is 0 Å². The molecule has 6 nitrogen and oxygen atoms in total. The maximum Gasteiger partial charge on any atom is 0.321 e. The number of anilines is 1. The number of hydrogen-bond donors (Lipinski definition) is 1. The molecule has 29 heavy (non-hydrogen) atoms. The fraction of sp³-hybridized carbons (Fsp3) is 0.0909. The Hall–Kier alpha value is -3.58. The van der Waals surface area contributed by atoms with Crippen LogP contribution < -0.4 is 19.5 Å². The van der Waals surface area contributed by atoms with Gasteiger partial charge in [-0.2, -0.15) is 0 Å². The van der Waals surface area contributed by atoms with Gasteiger partial charge in [0.15, 0.2) is 5.13 Å². The molecule has 3 aromatic carbocycles. The number of para-hydroxylation sites is 2. The minimum absolute atomic E-state index is 0.455. The number of carbonyl (C=O) groups excluding carboxylic acids is 1. The van der Waals surface area contributed by atoms with Gasteiger partial charge in [0.05, 0.1) is 17.3 Å². The summed E-state index contributed by atoms with van der Waals surface area (Å²) < 4.78 is 17.7. The fourth-order valence-electron chi connectivity index (χ4n) is 2.63. The molecule has 0 radical (unpaired) electrons. The van der Waals surface area contributed by atoms with Gasteiger partial charge in [0, 0.05) is 0 Å². The standard InChI is InChI=1S/C22H18N2O4S/c1-26-17-12-13-18-19(14-17)29-22(23-18)24-20(25)21(27-15-8-4-2-5-9-15)28-16-10-6-3-7-11-16/h2-14,21H,1H3,(H,23,24,25). The summed E-state index contributed by atoms with van der Waals surface area (Å²) in [4.78, 5) is 17.3. The first-order chi connectivity index (χ1) is 14.2. The van der Waals surface area contributed by atoms with Gasteiger partial charge in [-0.1, -0.05) is 47.7 Å². The quantitative estimate of drug-likeness (QED) is 0.450. The van der Waals surface area contributed by atoms with Crippen LogP contribution in [0.2, 0.25) is 0 Å². The molecule has 4 rings (SSSR count). The third kappa shape index (κ3) is 4.64. The molecule has 0 saturated heterocycles. The third-order valence-electron chi connectivity index (χ3n) is 4.01. The number of carbonyl (C=O) groups is 1. The zero-order valence-electron chi connectivity index (χ0n) is 15.6. The van der Waals surface area contributed by atoms with Crippen molar-refractivity contribution in [2.75, 3.05) is 12.4 Å². The molecular formula is C22H18N2O4S. The van der Waals surface area contributed by atoms with E-state index in [1.54, 1.807) is 31.4 Å². The van der Waals surface area contributed by atoms with Gasteiger partial charge < -0.3 is 14.2 Å². The molecule has 1 aromatic heterocycles. The molecule has 7 heteroatoms. The summed E-state index contributed by atoms with van der Waals surface area (Å²) in [5.41, 5.74) is 0.774. The Kier molecular flexibility index (Phi) is 5.58. The van der Waals surface area contributed by atoms with Gasteiger partial charge in [0.1, 0.15) is 17.2 Å². The molecule has 0 bridgehead atoms. The van der Waals surface area contributed by atoms with Crippen LogP contribution >= 0.6 is 11.3 Å². The van der Waals surface area contributed by atoms with Crippen LogP contribution in [-0.2, 0) is 4.79 Å². The Morgan fingerprint density at radius 1 is 0.897 bits per heavy atom. The number of methoxy groups -OCH3 is 1. The van der Waals surface area contributed by atoms with Crippen LogP contribution in [-0.4, -0.2) is 24.3 Å². The molecule has 0 aliphatic heterocycles. The van der Waals surface area contributed by atoms with E-state index in [4.69, 9.17) is 14.2 Å². The van der Waals surface area contributed by atoms with E-state index in [0.29, 0.717) is 16.6 Å². The summed E-state index contributed by atoms with van der Waals surface area (Å²) in [6.07, 6.45) is -1.18. The third-order valence-corrected chi connectivity index (χ3v) is 4.95. The van der Waals surface area contributed by atoms with Crippen molar-refractivity contribution in [2.45, 2.75) is 6.29 Å². The number of fused-ring (bicyclic) bond motifs is 1. The Balaban J connectivity index is 1.55. The number of amides is 1. The lowest BCUT2D eigenvalue weighted by Crippen LogP contribution is -2.37. The molecule has 0 aliphatic carbocycles. The van der Waals surface area contributed by atoms with Crippen molar-refractivity contribution >= 4 is 32.6 Å². The van der Waals surface area contributed by atoms with Gasteiger partial charge in [-0.3, -0.25) is 10.1 Å². The predicted octanol–water partition coefficient (Wildman–Crippen LogP) is 4.73. The summed E-state index contributed by atoms with van der Waals surface area (Å²) in [6.45, 7) is 0. The van der Waals surface area contributed by atoms with Crippen molar-refractivity contribution in [3.63, 3.8) is 0 Å². The number of thiazole rings is 1. The lowest BCUT2D eigenvalue weighted by Gasteiger charge is -2.19. The first-order valence-electron chi connectivity index (χ1n) is 8.90. The van der Waals surface area contributed by atoms with Crippen LogP contribution in [0.1, 0.15) is 0 Å². The second kappa shape index (κ2) is 8.62. The van der Waals surface area contributed by atoms with Gasteiger partial charge in [-0.05, 0) is 42.5 Å². The average Bonchev–Trinajstić information content (AvgIpc) is 3.16. The molecule has 0 unspecified atom stereocenters. The molecule has 1 heterocycles. The lowest BCUT2D eigenvalue weighted by atomic mass is 10.3. The highest BCUT2D eigenvalue weighted by atomic mass is 32.1. The first kappa shape index (κ1) is 18.8. The second-order valence-corrected chi connectivity index (χ2v) is 7.07. The zero-order chi connectivity index (χ0) is 20.1. The van der Waals surface area contributed by atoms with Crippen molar-refractivity contribution in [1.82, 2.24) is 4.98 Å². The van der Waals surface area contributed by atoms with Gasteiger partial charge in [-0.25, -0.2) is 4.98 Å². The van der Waals surface area contributed by atoms with E-state index in [0.717, 1.165) is 16.0 Å². The molecule has 4 aromatic rings. The van der Waals surface area contributed by atoms with Gasteiger partial charge in [0.2, 0.25) is 0 Å². The van der Waals surface area contributed by atoms with E-state index < -0.39 is 12.2 Å². The van der Waals surface area contributed by atoms with E-state index in [1.165, 1.54) is 11.3 Å². The smallest absolute Gasteiger partial charge is 0.321 e. The minimum atomic E-state index is -1.18. The summed E-state index contributed by atoms with van der Waals surface area (Å²) in [5, 5.41) is 3.24. The summed E-state index contributed by atoms with van der Waals surface area (Å²) >= 11 is 1.35. The van der Waals surface area contributed by atoms with Crippen LogP contribution in [0.15, 0.2) is 78.9 Å². The maximum absolute atomic E-state index is 12.9. The molecule has 146 valence electrons. The molecule has 1 amide bonds. The second-order valence-electron chi connectivity index (χ2n) is 6.04. The van der Waals surface area contributed by atoms with Gasteiger partial charge in [-0.15, -0.1) is 0 Å². The normalized spacial score (nSPS) is 10.7. The highest BCUT2D eigenvalue weighted by molar-refractivity contribution is 7.22. The Labute approximate surface area is 171 Å². The summed E-state index contributed by atoms with van der Waals surface area (Å²) in [7, 11) is 1.61. The van der Waals surface area contributed by atoms with Crippen LogP contribution in [0.4, 0.5) is 5.13 Å². The van der Waals surface area contributed by atoms with Crippen molar-refractivity contribution in [2.24, 2.45) is 0 Å². The molecule has 0 saturated carbocycles. The summed E-state index contributed by atoms with van der Waals surface area (Å²) in [5.74, 6) is 1.33. The minimum Gasteiger partial charge on any atom is -0.497 e. The number of hydrogen-bond acceptors (Lipinski definition) is 6. The average molecular weight is 406 g/mol. The van der Waals surface area contributed by atoms with E-state index in [-0.39, 0.29) is 0 Å². The highest BCUT2D eigenvalue weighted by Crippen LogP contribution is 2.29. The number of nitrogens with zero attached hydrogens (tertiary/aromatic N) is 1. The van der Waals surface area contributed by atoms with E-state index in [1.807, 2.05) is 54.6 Å². The molecule has 0 atom stereocenters. The van der Waals surface area contributed by atoms with Crippen molar-refractivity contribution in [3.05, 3.63) is 78.9 Å². The monoisotopic (exact) mass is 406 g/mol. The first-order valence-corrected chi connectivity index (χ1v) is 9.72. The van der Waals surface area contributed by atoms with E-state index in [2.05, 4.69) is 10.3 Å². The predicted molar refractivity (Wildman–Crippen MR) is 113 cm³/mol. The number of nitrogens with one attached hydrogen (secondary N) is 1. The van der Waals surface area contributed by atoms with Crippen molar-refractivity contribution in [3.8, 4) is 17.2 Å². The van der Waals surface area contributed by atoms with E-state index >= 15 is 0 Å². The lowest BCUT2D eigenvalue weighted by molar-refractivity contribution is -0.134. The molecular weight excluding hydrogens is 388 g/mol. The summed E-state index contributed by atoms with van der Waals surface area (Å²) in [6, 6.07) is 23.6. The highest BCUT2D eigenvalue weighted by Gasteiger charge is 2.24. The number of ether oxygens (including phenoxy) is 3. The van der Waals surface area contributed by atoms with Crippen LogP contribution in [0.5, 0.6) is 17.2 Å². The Morgan fingerprint density at radius 2 is 1.52 bits per heavy atom. The molecule has 0 fully saturated rings. The number of benzene rings is 3. The van der Waals surface area contributed by atoms with Gasteiger partial charge in [0.25, 0.3) is 0 Å². The number of rotatable bonds is 7. The van der Waals surface area contributed by atoms with Crippen molar-refractivity contribution < 1.29 is 19.0 Å². The fourth-order valence-corrected chi connectivity index (χ4v) is 3.52. The molecule has 0 aliphatic rings. The molecule has 0 spiro atoms. The SMILES string of the molecule is COc1ccc2nc(NC(=O)C(Oc3ccccc3)Oc3ccccc3)sc2c1. The van der Waals surface area contributed by atoms with Gasteiger partial charge >= 0.3 is 12.2 Å². The molecule has 1 N–H and O–H groups in total. The topological polar surface area (TPSA) is 69.7 Å². The Morgan fingerprint density at radius 3 is 2.10 bits per heavy atom. The van der Waals surface area contributed by atoms with Crippen LogP contribution in [0.3, 0.4) is 0 Å². The van der Waals surface area contributed by atoms with E-state index in [9.17, 15) is 4.79 Å². The zero-order valence-corrected chi connectivity index (χ0v) is 16.4. The van der Waals surface area contributed by atoms with Crippen LogP contribution in [0.25, 0.3) is 10.2 Å². The maximum atomic E-state index is 12.9. The van der Waals surface area contributed by atoms with Crippen molar-refractivity contribution in [1.29, 1.82) is 0 Å². The largest absolute Gasteiger partial charge is 0.497 e.